The molecule has 0 aliphatic carbocycles. The summed E-state index contributed by atoms with van der Waals surface area (Å²) in [5.41, 5.74) is 2.05. The SMILES string of the molecule is COC(=O)c1ccc2nc(Cc3cc(F)c(-c4cccc(OCc5ncc(Br)cn5)n4)cc3F)n(CC3CCO3)c2c1. The first-order valence-electron chi connectivity index (χ1n) is 13.1. The van der Waals surface area contributed by atoms with Crippen molar-refractivity contribution in [3.63, 3.8) is 0 Å². The average Bonchev–Trinajstić information content (AvgIpc) is 3.31. The highest BCUT2D eigenvalue weighted by Crippen LogP contribution is 2.29. The summed E-state index contributed by atoms with van der Waals surface area (Å²) >= 11 is 3.28. The summed E-state index contributed by atoms with van der Waals surface area (Å²) in [7, 11) is 1.32. The van der Waals surface area contributed by atoms with Crippen molar-refractivity contribution in [3.05, 3.63) is 99.8 Å². The average molecular weight is 636 g/mol. The molecule has 4 heterocycles. The molecule has 6 rings (SSSR count). The third-order valence-corrected chi connectivity index (χ3v) is 7.34. The third-order valence-electron chi connectivity index (χ3n) is 6.94. The fraction of sp³-hybridized carbons (Fsp3) is 0.233. The summed E-state index contributed by atoms with van der Waals surface area (Å²) in [6, 6.07) is 12.2. The molecule has 2 aromatic carbocycles. The molecule has 0 N–H and O–H groups in total. The van der Waals surface area contributed by atoms with Gasteiger partial charge in [0.25, 0.3) is 0 Å². The predicted octanol–water partition coefficient (Wildman–Crippen LogP) is 5.67. The molecule has 0 saturated carbocycles. The zero-order valence-electron chi connectivity index (χ0n) is 22.4. The lowest BCUT2D eigenvalue weighted by Gasteiger charge is -2.27. The first-order chi connectivity index (χ1) is 20.4. The molecular weight excluding hydrogens is 612 g/mol. The van der Waals surface area contributed by atoms with Crippen molar-refractivity contribution in [2.75, 3.05) is 13.7 Å². The van der Waals surface area contributed by atoms with Crippen LogP contribution in [0.1, 0.15) is 34.0 Å². The topological polar surface area (TPSA) is 101 Å². The number of carbonyl (C=O) groups is 1. The predicted molar refractivity (Wildman–Crippen MR) is 152 cm³/mol. The first kappa shape index (κ1) is 27.9. The van der Waals surface area contributed by atoms with Gasteiger partial charge in [0.05, 0.1) is 46.5 Å². The van der Waals surface area contributed by atoms with Crippen LogP contribution in [0.15, 0.2) is 65.4 Å². The van der Waals surface area contributed by atoms with Crippen molar-refractivity contribution < 1.29 is 27.8 Å². The van der Waals surface area contributed by atoms with Gasteiger partial charge >= 0.3 is 5.97 Å². The molecular formula is C30H24BrF2N5O4. The van der Waals surface area contributed by atoms with E-state index in [1.807, 2.05) is 4.57 Å². The van der Waals surface area contributed by atoms with Crippen LogP contribution in [0.4, 0.5) is 8.78 Å². The molecule has 0 amide bonds. The second-order valence-electron chi connectivity index (χ2n) is 9.68. The maximum atomic E-state index is 15.5. The molecule has 0 radical (unpaired) electrons. The molecule has 1 unspecified atom stereocenters. The lowest BCUT2D eigenvalue weighted by molar-refractivity contribution is -0.0589. The Morgan fingerprint density at radius 2 is 1.90 bits per heavy atom. The van der Waals surface area contributed by atoms with Gasteiger partial charge in [-0.15, -0.1) is 0 Å². The highest BCUT2D eigenvalue weighted by Gasteiger charge is 2.24. The normalized spacial score (nSPS) is 14.5. The minimum Gasteiger partial charge on any atom is -0.469 e. The van der Waals surface area contributed by atoms with E-state index in [9.17, 15) is 4.79 Å². The van der Waals surface area contributed by atoms with E-state index >= 15 is 8.78 Å². The molecule has 1 saturated heterocycles. The Kier molecular flexibility index (Phi) is 7.90. The largest absolute Gasteiger partial charge is 0.469 e. The van der Waals surface area contributed by atoms with E-state index in [2.05, 4.69) is 35.9 Å². The van der Waals surface area contributed by atoms with E-state index in [1.54, 1.807) is 48.8 Å². The van der Waals surface area contributed by atoms with Gasteiger partial charge in [0.2, 0.25) is 5.88 Å². The van der Waals surface area contributed by atoms with Gasteiger partial charge in [-0.25, -0.2) is 33.5 Å². The fourth-order valence-electron chi connectivity index (χ4n) is 4.68. The number of benzene rings is 2. The second kappa shape index (κ2) is 11.9. The number of halogens is 3. The second-order valence-corrected chi connectivity index (χ2v) is 10.6. The number of ether oxygens (including phenoxy) is 3. The molecule has 1 fully saturated rings. The van der Waals surface area contributed by atoms with Crippen LogP contribution in [0.5, 0.6) is 5.88 Å². The molecule has 42 heavy (non-hydrogen) atoms. The van der Waals surface area contributed by atoms with Crippen molar-refractivity contribution in [2.45, 2.75) is 32.1 Å². The Morgan fingerprint density at radius 1 is 1.10 bits per heavy atom. The lowest BCUT2D eigenvalue weighted by atomic mass is 10.0. The first-order valence-corrected chi connectivity index (χ1v) is 13.9. The van der Waals surface area contributed by atoms with E-state index in [1.165, 1.54) is 13.2 Å². The van der Waals surface area contributed by atoms with Crippen LogP contribution < -0.4 is 4.74 Å². The summed E-state index contributed by atoms with van der Waals surface area (Å²) in [6.07, 6.45) is 4.08. The molecule has 1 aliphatic heterocycles. The van der Waals surface area contributed by atoms with E-state index < -0.39 is 17.6 Å². The number of rotatable bonds is 9. The molecule has 9 nitrogen and oxygen atoms in total. The quantitative estimate of drug-likeness (QED) is 0.191. The standard InChI is InChI=1S/C30H24BrF2N5O4/c1-40-30(39)17-5-6-25-26(10-17)38(15-20-7-8-41-20)28(36-25)11-18-9-23(33)21(12-22(18)32)24-3-2-4-29(37-24)42-16-27-34-13-19(31)14-35-27/h2-6,9-10,12-14,20H,7-8,11,15-16H2,1H3. The maximum absolute atomic E-state index is 15.5. The number of fused-ring (bicyclic) bond motifs is 1. The molecule has 214 valence electrons. The Bertz CT molecular complexity index is 1780. The zero-order chi connectivity index (χ0) is 29.2. The fourth-order valence-corrected chi connectivity index (χ4v) is 4.88. The van der Waals surface area contributed by atoms with Gasteiger partial charge in [0.15, 0.2) is 5.82 Å². The van der Waals surface area contributed by atoms with Crippen molar-refractivity contribution in [3.8, 4) is 17.1 Å². The number of nitrogens with zero attached hydrogens (tertiary/aromatic N) is 5. The summed E-state index contributed by atoms with van der Waals surface area (Å²) in [5.74, 6) is -0.511. The van der Waals surface area contributed by atoms with Gasteiger partial charge in [0.1, 0.15) is 24.1 Å². The number of hydrogen-bond donors (Lipinski definition) is 0. The summed E-state index contributed by atoms with van der Waals surface area (Å²) in [5, 5.41) is 0. The van der Waals surface area contributed by atoms with E-state index in [-0.39, 0.29) is 41.8 Å². The van der Waals surface area contributed by atoms with Crippen LogP contribution in [-0.4, -0.2) is 50.3 Å². The Balaban J connectivity index is 1.27. The molecule has 1 aliphatic rings. The molecule has 0 bridgehead atoms. The van der Waals surface area contributed by atoms with Crippen LogP contribution in [-0.2, 0) is 29.0 Å². The van der Waals surface area contributed by atoms with E-state index in [0.717, 1.165) is 17.0 Å². The number of hydrogen-bond acceptors (Lipinski definition) is 8. The van der Waals surface area contributed by atoms with Gasteiger partial charge in [0, 0.05) is 37.1 Å². The van der Waals surface area contributed by atoms with E-state index in [4.69, 9.17) is 14.2 Å². The van der Waals surface area contributed by atoms with Crippen LogP contribution in [0, 0.1) is 11.6 Å². The Labute approximate surface area is 247 Å². The third kappa shape index (κ3) is 5.86. The lowest BCUT2D eigenvalue weighted by Crippen LogP contribution is -2.31. The summed E-state index contributed by atoms with van der Waals surface area (Å²) in [6.45, 7) is 1.20. The number of methoxy groups -OCH3 is 1. The molecule has 3 aromatic heterocycles. The number of esters is 1. The maximum Gasteiger partial charge on any atom is 0.337 e. The Morgan fingerprint density at radius 3 is 2.64 bits per heavy atom. The van der Waals surface area contributed by atoms with Crippen molar-refractivity contribution in [1.29, 1.82) is 0 Å². The van der Waals surface area contributed by atoms with Gasteiger partial charge in [-0.05, 0) is 64.3 Å². The Hall–Kier alpha value is -4.29. The number of imidazole rings is 1. The minimum absolute atomic E-state index is 0.000632. The van der Waals surface area contributed by atoms with Crippen molar-refractivity contribution >= 4 is 32.9 Å². The number of aromatic nitrogens is 5. The smallest absolute Gasteiger partial charge is 0.337 e. The van der Waals surface area contributed by atoms with Crippen LogP contribution in [0.25, 0.3) is 22.3 Å². The molecule has 5 aromatic rings. The minimum atomic E-state index is -0.634. The highest BCUT2D eigenvalue weighted by molar-refractivity contribution is 9.10. The van der Waals surface area contributed by atoms with Gasteiger partial charge in [-0.3, -0.25) is 0 Å². The number of pyridine rings is 1. The highest BCUT2D eigenvalue weighted by atomic mass is 79.9. The van der Waals surface area contributed by atoms with Crippen LogP contribution >= 0.6 is 15.9 Å². The monoisotopic (exact) mass is 635 g/mol. The summed E-state index contributed by atoms with van der Waals surface area (Å²) < 4.78 is 49.7. The summed E-state index contributed by atoms with van der Waals surface area (Å²) in [4.78, 5) is 29.5. The van der Waals surface area contributed by atoms with Gasteiger partial charge in [-0.1, -0.05) is 6.07 Å². The van der Waals surface area contributed by atoms with Crippen LogP contribution in [0.2, 0.25) is 0 Å². The molecule has 12 heteroatoms. The van der Waals surface area contributed by atoms with E-state index in [0.29, 0.717) is 41.4 Å². The number of carbonyl (C=O) groups excluding carboxylic acids is 1. The van der Waals surface area contributed by atoms with Crippen LogP contribution in [0.3, 0.4) is 0 Å². The van der Waals surface area contributed by atoms with Gasteiger partial charge < -0.3 is 18.8 Å². The van der Waals surface area contributed by atoms with Crippen molar-refractivity contribution in [2.24, 2.45) is 0 Å². The zero-order valence-corrected chi connectivity index (χ0v) is 24.0. The molecule has 0 spiro atoms. The van der Waals surface area contributed by atoms with Crippen molar-refractivity contribution in [1.82, 2.24) is 24.5 Å². The van der Waals surface area contributed by atoms with Gasteiger partial charge in [-0.2, -0.15) is 0 Å². The molecule has 1 atom stereocenters.